The number of hydrogen-bond donors (Lipinski definition) is 0. The molecule has 0 saturated heterocycles. The highest BCUT2D eigenvalue weighted by atomic mass is 32.2. The molecule has 128 valence electrons. The van der Waals surface area contributed by atoms with Crippen molar-refractivity contribution in [2.75, 3.05) is 18.3 Å². The van der Waals surface area contributed by atoms with Crippen LogP contribution in [0.1, 0.15) is 33.2 Å². The molecule has 1 atom stereocenters. The molecule has 0 spiro atoms. The van der Waals surface area contributed by atoms with Crippen LogP contribution in [0.3, 0.4) is 0 Å². The number of ether oxygens (including phenoxy) is 1. The van der Waals surface area contributed by atoms with Crippen LogP contribution in [0.25, 0.3) is 0 Å². The minimum atomic E-state index is -0.852. The third-order valence-electron chi connectivity index (χ3n) is 4.45. The van der Waals surface area contributed by atoms with E-state index in [1.807, 2.05) is 6.26 Å². The van der Waals surface area contributed by atoms with E-state index in [4.69, 9.17) is 4.74 Å². The number of benzene rings is 2. The Balaban J connectivity index is 1.96. The summed E-state index contributed by atoms with van der Waals surface area (Å²) in [6.45, 7) is 1.78. The van der Waals surface area contributed by atoms with Crippen LogP contribution in [0.4, 0.5) is 5.69 Å². The molecule has 5 nitrogen and oxygen atoms in total. The van der Waals surface area contributed by atoms with E-state index >= 15 is 0 Å². The van der Waals surface area contributed by atoms with Gasteiger partial charge in [0.2, 0.25) is 0 Å². The number of esters is 1. The van der Waals surface area contributed by atoms with Crippen molar-refractivity contribution < 1.29 is 19.1 Å². The van der Waals surface area contributed by atoms with Gasteiger partial charge in [-0.1, -0.05) is 24.3 Å². The summed E-state index contributed by atoms with van der Waals surface area (Å²) in [5.41, 5.74) is 2.02. The lowest BCUT2D eigenvalue weighted by Gasteiger charge is -2.25. The van der Waals surface area contributed by atoms with Gasteiger partial charge in [0.05, 0.1) is 23.9 Å². The van der Waals surface area contributed by atoms with Gasteiger partial charge in [-0.05, 0) is 43.0 Å². The Morgan fingerprint density at radius 2 is 1.52 bits per heavy atom. The monoisotopic (exact) mass is 355 g/mol. The normalized spacial score (nSPS) is 15.7. The van der Waals surface area contributed by atoms with Gasteiger partial charge in [0.25, 0.3) is 11.8 Å². The Morgan fingerprint density at radius 1 is 1.00 bits per heavy atom. The second kappa shape index (κ2) is 6.37. The first kappa shape index (κ1) is 17.2. The molecule has 0 bridgehead atoms. The predicted octanol–water partition coefficient (Wildman–Crippen LogP) is 3.24. The Bertz CT molecular complexity index is 827. The van der Waals surface area contributed by atoms with E-state index in [1.165, 1.54) is 18.9 Å². The van der Waals surface area contributed by atoms with Crippen molar-refractivity contribution in [3.8, 4) is 0 Å². The number of carbonyl (C=O) groups is 3. The molecule has 1 aliphatic rings. The zero-order valence-electron chi connectivity index (χ0n) is 14.1. The van der Waals surface area contributed by atoms with Crippen LogP contribution in [-0.2, 0) is 14.3 Å². The average molecular weight is 355 g/mol. The molecule has 0 saturated carbocycles. The van der Waals surface area contributed by atoms with Crippen LogP contribution in [-0.4, -0.2) is 31.1 Å². The van der Waals surface area contributed by atoms with Crippen molar-refractivity contribution in [2.24, 2.45) is 0 Å². The van der Waals surface area contributed by atoms with Crippen LogP contribution >= 0.6 is 11.8 Å². The number of rotatable bonds is 4. The fraction of sp³-hybridized carbons (Fsp3) is 0.211. The maximum absolute atomic E-state index is 12.5. The van der Waals surface area contributed by atoms with Crippen LogP contribution in [0.5, 0.6) is 0 Å². The fourth-order valence-electron chi connectivity index (χ4n) is 2.87. The number of hydrogen-bond acceptors (Lipinski definition) is 5. The molecule has 1 aliphatic heterocycles. The molecule has 2 aromatic carbocycles. The summed E-state index contributed by atoms with van der Waals surface area (Å²) in [6.07, 6.45) is 1.83. The zero-order chi connectivity index (χ0) is 18.2. The molecule has 25 heavy (non-hydrogen) atoms. The molecular formula is C19H17NO4S. The summed E-state index contributed by atoms with van der Waals surface area (Å²) in [5, 5.41) is 0. The van der Waals surface area contributed by atoms with Crippen LogP contribution < -0.4 is 4.90 Å². The summed E-state index contributed by atoms with van der Waals surface area (Å²) in [4.78, 5) is 38.3. The summed E-state index contributed by atoms with van der Waals surface area (Å²) in [7, 11) is 1.35. The maximum Gasteiger partial charge on any atom is 0.326 e. The number of imide groups is 1. The first-order chi connectivity index (χ1) is 11.9. The molecule has 1 unspecified atom stereocenters. The summed E-state index contributed by atoms with van der Waals surface area (Å²) < 4.78 is 4.04. The molecule has 0 N–H and O–H groups in total. The molecular weight excluding hydrogens is 338 g/mol. The first-order valence-corrected chi connectivity index (χ1v) is 8.88. The number of amides is 2. The second-order valence-electron chi connectivity index (χ2n) is 5.77. The van der Waals surface area contributed by atoms with Crippen LogP contribution in [0.2, 0.25) is 0 Å². The molecule has 0 radical (unpaired) electrons. The van der Waals surface area contributed by atoms with E-state index < -0.39 is 4.75 Å². The molecule has 2 aromatic rings. The molecule has 0 fully saturated rings. The van der Waals surface area contributed by atoms with Gasteiger partial charge in [-0.15, -0.1) is 11.8 Å². The van der Waals surface area contributed by atoms with Gasteiger partial charge in [-0.2, -0.15) is 0 Å². The second-order valence-corrected chi connectivity index (χ2v) is 6.99. The van der Waals surface area contributed by atoms with Crippen molar-refractivity contribution in [3.63, 3.8) is 0 Å². The number of methoxy groups -OCH3 is 1. The van der Waals surface area contributed by atoms with Gasteiger partial charge in [0.1, 0.15) is 4.75 Å². The largest absolute Gasteiger partial charge is 0.468 e. The van der Waals surface area contributed by atoms with Gasteiger partial charge < -0.3 is 4.74 Å². The van der Waals surface area contributed by atoms with E-state index in [0.29, 0.717) is 16.8 Å². The zero-order valence-corrected chi connectivity index (χ0v) is 14.9. The number of nitrogens with zero attached hydrogens (tertiary/aromatic N) is 1. The highest BCUT2D eigenvalue weighted by Gasteiger charge is 2.38. The quantitative estimate of drug-likeness (QED) is 0.622. The fourth-order valence-corrected chi connectivity index (χ4v) is 3.49. The van der Waals surface area contributed by atoms with Crippen molar-refractivity contribution in [1.29, 1.82) is 0 Å². The number of fused-ring (bicyclic) bond motifs is 1. The summed E-state index contributed by atoms with van der Waals surface area (Å²) in [5.74, 6) is -1.03. The average Bonchev–Trinajstić information content (AvgIpc) is 2.91. The number of anilines is 1. The first-order valence-electron chi connectivity index (χ1n) is 7.66. The molecule has 2 amide bonds. The van der Waals surface area contributed by atoms with Gasteiger partial charge >= 0.3 is 5.97 Å². The molecule has 0 aliphatic carbocycles. The van der Waals surface area contributed by atoms with Crippen molar-refractivity contribution in [1.82, 2.24) is 0 Å². The predicted molar refractivity (Wildman–Crippen MR) is 96.9 cm³/mol. The van der Waals surface area contributed by atoms with Crippen molar-refractivity contribution in [3.05, 3.63) is 65.2 Å². The number of thioether (sulfide) groups is 1. The number of carbonyl (C=O) groups excluding carboxylic acids is 3. The van der Waals surface area contributed by atoms with Crippen LogP contribution in [0.15, 0.2) is 48.5 Å². The standard InChI is InChI=1S/C19H17NO4S/c1-19(25-3,18(23)24-2)12-8-10-13(11-9-12)20-16(21)14-6-4-5-7-15(14)17(20)22/h4-11H,1-3H3. The van der Waals surface area contributed by atoms with Crippen molar-refractivity contribution in [2.45, 2.75) is 11.7 Å². The van der Waals surface area contributed by atoms with E-state index in [2.05, 4.69) is 0 Å². The molecule has 0 aromatic heterocycles. The summed E-state index contributed by atoms with van der Waals surface area (Å²) in [6, 6.07) is 13.6. The van der Waals surface area contributed by atoms with Gasteiger partial charge in [0.15, 0.2) is 0 Å². The minimum Gasteiger partial charge on any atom is -0.468 e. The Morgan fingerprint density at radius 3 is 1.96 bits per heavy atom. The lowest BCUT2D eigenvalue weighted by Crippen LogP contribution is -2.31. The van der Waals surface area contributed by atoms with Gasteiger partial charge in [-0.3, -0.25) is 14.4 Å². The van der Waals surface area contributed by atoms with E-state index in [0.717, 1.165) is 10.5 Å². The maximum atomic E-state index is 12.5. The minimum absolute atomic E-state index is 0.339. The molecule has 6 heteroatoms. The third kappa shape index (κ3) is 2.62. The van der Waals surface area contributed by atoms with Gasteiger partial charge in [0, 0.05) is 0 Å². The Kier molecular flexibility index (Phi) is 4.39. The highest BCUT2D eigenvalue weighted by Crippen LogP contribution is 2.37. The van der Waals surface area contributed by atoms with Crippen molar-refractivity contribution >= 4 is 35.2 Å². The third-order valence-corrected chi connectivity index (χ3v) is 5.67. The van der Waals surface area contributed by atoms with E-state index in [9.17, 15) is 14.4 Å². The molecule has 3 rings (SSSR count). The van der Waals surface area contributed by atoms with E-state index in [1.54, 1.807) is 55.5 Å². The summed E-state index contributed by atoms with van der Waals surface area (Å²) >= 11 is 1.36. The SMILES string of the molecule is COC(=O)C(C)(SC)c1ccc(N2C(=O)c3ccccc3C2=O)cc1. The Labute approximate surface area is 150 Å². The van der Waals surface area contributed by atoms with Gasteiger partial charge in [-0.25, -0.2) is 4.90 Å². The lowest BCUT2D eigenvalue weighted by molar-refractivity contribution is -0.143. The van der Waals surface area contributed by atoms with Crippen LogP contribution in [0, 0.1) is 0 Å². The van der Waals surface area contributed by atoms with E-state index in [-0.39, 0.29) is 17.8 Å². The lowest BCUT2D eigenvalue weighted by atomic mass is 10.00. The topological polar surface area (TPSA) is 63.7 Å². The Hall–Kier alpha value is -2.60. The smallest absolute Gasteiger partial charge is 0.326 e. The molecule has 1 heterocycles. The highest BCUT2D eigenvalue weighted by molar-refractivity contribution is 8.00.